The summed E-state index contributed by atoms with van der Waals surface area (Å²) in [5.41, 5.74) is 1.35. The third-order valence-electron chi connectivity index (χ3n) is 2.99. The molecule has 17 heavy (non-hydrogen) atoms. The van der Waals surface area contributed by atoms with Crippen LogP contribution < -0.4 is 5.32 Å². The lowest BCUT2D eigenvalue weighted by molar-refractivity contribution is 0.280. The molecule has 3 nitrogen and oxygen atoms in total. The molecule has 2 N–H and O–H groups in total. The molecular formula is C14H26N2O. The fourth-order valence-corrected chi connectivity index (χ4v) is 2.07. The molecule has 1 aromatic rings. The van der Waals surface area contributed by atoms with Gasteiger partial charge in [-0.05, 0) is 36.9 Å². The van der Waals surface area contributed by atoms with Crippen LogP contribution in [0, 0.1) is 5.92 Å². The number of aromatic nitrogens is 1. The maximum Gasteiger partial charge on any atom is 0.0448 e. The van der Waals surface area contributed by atoms with Gasteiger partial charge in [-0.2, -0.15) is 0 Å². The summed E-state index contributed by atoms with van der Waals surface area (Å²) in [5, 5.41) is 12.4. The topological polar surface area (TPSA) is 37.2 Å². The maximum absolute atomic E-state index is 8.82. The summed E-state index contributed by atoms with van der Waals surface area (Å²) in [4.78, 5) is 0. The Morgan fingerprint density at radius 3 is 2.76 bits per heavy atom. The largest absolute Gasteiger partial charge is 0.396 e. The van der Waals surface area contributed by atoms with Crippen molar-refractivity contribution in [1.29, 1.82) is 0 Å². The van der Waals surface area contributed by atoms with Crippen LogP contribution in [0.15, 0.2) is 18.5 Å². The summed E-state index contributed by atoms with van der Waals surface area (Å²) in [7, 11) is 0. The normalized spacial score (nSPS) is 13.2. The number of nitrogens with zero attached hydrogens (tertiary/aromatic N) is 1. The van der Waals surface area contributed by atoms with E-state index in [4.69, 9.17) is 5.11 Å². The van der Waals surface area contributed by atoms with Crippen molar-refractivity contribution in [2.45, 2.75) is 46.2 Å². The average Bonchev–Trinajstić information content (AvgIpc) is 2.75. The standard InChI is InChI=1S/C14H26N2O/c1-4-7-15-14(12(2)3)13-6-9-16(11-13)8-5-10-17/h6,9,11-12,14-15,17H,4-5,7-8,10H2,1-3H3. The van der Waals surface area contributed by atoms with E-state index in [2.05, 4.69) is 49.1 Å². The van der Waals surface area contributed by atoms with Crippen molar-refractivity contribution in [3.05, 3.63) is 24.0 Å². The Morgan fingerprint density at radius 2 is 2.18 bits per heavy atom. The molecule has 0 aliphatic heterocycles. The van der Waals surface area contributed by atoms with Crippen LogP contribution in [0.4, 0.5) is 0 Å². The van der Waals surface area contributed by atoms with Gasteiger partial charge in [0.05, 0.1) is 0 Å². The van der Waals surface area contributed by atoms with Crippen LogP contribution in [0.2, 0.25) is 0 Å². The van der Waals surface area contributed by atoms with E-state index < -0.39 is 0 Å². The van der Waals surface area contributed by atoms with E-state index in [9.17, 15) is 0 Å². The van der Waals surface area contributed by atoms with Gasteiger partial charge in [0.25, 0.3) is 0 Å². The van der Waals surface area contributed by atoms with Crippen molar-refractivity contribution >= 4 is 0 Å². The van der Waals surface area contributed by atoms with Gasteiger partial charge in [0, 0.05) is 31.6 Å². The molecule has 0 amide bonds. The van der Waals surface area contributed by atoms with Crippen molar-refractivity contribution in [3.8, 4) is 0 Å². The number of nitrogens with one attached hydrogen (secondary N) is 1. The third kappa shape index (κ3) is 4.52. The second kappa shape index (κ2) is 7.51. The van der Waals surface area contributed by atoms with E-state index in [0.29, 0.717) is 12.0 Å². The van der Waals surface area contributed by atoms with Crippen molar-refractivity contribution in [2.24, 2.45) is 5.92 Å². The maximum atomic E-state index is 8.82. The molecule has 98 valence electrons. The lowest BCUT2D eigenvalue weighted by atomic mass is 9.98. The molecule has 0 spiro atoms. The van der Waals surface area contributed by atoms with Crippen LogP contribution in [0.25, 0.3) is 0 Å². The Bertz CT molecular complexity index is 307. The summed E-state index contributed by atoms with van der Waals surface area (Å²) in [6.45, 7) is 8.91. The van der Waals surface area contributed by atoms with Gasteiger partial charge in [0.2, 0.25) is 0 Å². The highest BCUT2D eigenvalue weighted by Crippen LogP contribution is 2.22. The van der Waals surface area contributed by atoms with Crippen LogP contribution in [-0.4, -0.2) is 22.8 Å². The van der Waals surface area contributed by atoms with E-state index in [0.717, 1.165) is 25.9 Å². The molecule has 0 aromatic carbocycles. The molecular weight excluding hydrogens is 212 g/mol. The van der Waals surface area contributed by atoms with Crippen molar-refractivity contribution in [2.75, 3.05) is 13.2 Å². The molecule has 1 unspecified atom stereocenters. The van der Waals surface area contributed by atoms with Crippen LogP contribution in [0.1, 0.15) is 45.2 Å². The Balaban J connectivity index is 2.63. The van der Waals surface area contributed by atoms with E-state index in [-0.39, 0.29) is 6.61 Å². The van der Waals surface area contributed by atoms with Crippen LogP contribution >= 0.6 is 0 Å². The second-order valence-electron chi connectivity index (χ2n) is 4.94. The zero-order chi connectivity index (χ0) is 12.7. The predicted octanol–water partition coefficient (Wildman–Crippen LogP) is 2.57. The van der Waals surface area contributed by atoms with E-state index in [1.807, 2.05) is 0 Å². The van der Waals surface area contributed by atoms with Gasteiger partial charge >= 0.3 is 0 Å². The molecule has 0 radical (unpaired) electrons. The summed E-state index contributed by atoms with van der Waals surface area (Å²) in [6.07, 6.45) is 6.29. The summed E-state index contributed by atoms with van der Waals surface area (Å²) < 4.78 is 2.16. The van der Waals surface area contributed by atoms with Crippen LogP contribution in [-0.2, 0) is 6.54 Å². The quantitative estimate of drug-likeness (QED) is 0.730. The monoisotopic (exact) mass is 238 g/mol. The zero-order valence-corrected chi connectivity index (χ0v) is 11.3. The minimum atomic E-state index is 0.259. The highest BCUT2D eigenvalue weighted by molar-refractivity contribution is 5.16. The molecule has 0 saturated heterocycles. The molecule has 0 saturated carbocycles. The number of hydrogen-bond donors (Lipinski definition) is 2. The number of rotatable bonds is 8. The van der Waals surface area contributed by atoms with Gasteiger partial charge in [-0.15, -0.1) is 0 Å². The molecule has 1 aromatic heterocycles. The van der Waals surface area contributed by atoms with Crippen molar-refractivity contribution in [1.82, 2.24) is 9.88 Å². The third-order valence-corrected chi connectivity index (χ3v) is 2.99. The predicted molar refractivity (Wildman–Crippen MR) is 72.0 cm³/mol. The molecule has 0 fully saturated rings. The van der Waals surface area contributed by atoms with Gasteiger partial charge in [0.15, 0.2) is 0 Å². The number of hydrogen-bond acceptors (Lipinski definition) is 2. The molecule has 0 aliphatic rings. The molecule has 3 heteroatoms. The first-order valence-corrected chi connectivity index (χ1v) is 6.69. The van der Waals surface area contributed by atoms with Crippen molar-refractivity contribution < 1.29 is 5.11 Å². The molecule has 0 bridgehead atoms. The first kappa shape index (κ1) is 14.3. The SMILES string of the molecule is CCCNC(c1ccn(CCCO)c1)C(C)C. The Morgan fingerprint density at radius 1 is 1.41 bits per heavy atom. The highest BCUT2D eigenvalue weighted by atomic mass is 16.3. The molecule has 0 aliphatic carbocycles. The highest BCUT2D eigenvalue weighted by Gasteiger charge is 2.15. The number of aryl methyl sites for hydroxylation is 1. The summed E-state index contributed by atoms with van der Waals surface area (Å²) >= 11 is 0. The average molecular weight is 238 g/mol. The lowest BCUT2D eigenvalue weighted by Gasteiger charge is -2.21. The molecule has 1 atom stereocenters. The first-order chi connectivity index (χ1) is 8.19. The van der Waals surface area contributed by atoms with E-state index in [1.165, 1.54) is 5.56 Å². The van der Waals surface area contributed by atoms with Crippen molar-refractivity contribution in [3.63, 3.8) is 0 Å². The van der Waals surface area contributed by atoms with Gasteiger partial charge in [-0.1, -0.05) is 20.8 Å². The van der Waals surface area contributed by atoms with Gasteiger partial charge in [-0.3, -0.25) is 0 Å². The smallest absolute Gasteiger partial charge is 0.0448 e. The number of aliphatic hydroxyl groups is 1. The molecule has 1 rings (SSSR count). The van der Waals surface area contributed by atoms with Crippen LogP contribution in [0.3, 0.4) is 0 Å². The number of aliphatic hydroxyl groups excluding tert-OH is 1. The second-order valence-corrected chi connectivity index (χ2v) is 4.94. The fourth-order valence-electron chi connectivity index (χ4n) is 2.07. The Hall–Kier alpha value is -0.800. The van der Waals surface area contributed by atoms with E-state index in [1.54, 1.807) is 0 Å². The minimum Gasteiger partial charge on any atom is -0.396 e. The van der Waals surface area contributed by atoms with Gasteiger partial charge < -0.3 is 15.0 Å². The lowest BCUT2D eigenvalue weighted by Crippen LogP contribution is -2.26. The minimum absolute atomic E-state index is 0.259. The van der Waals surface area contributed by atoms with Gasteiger partial charge in [-0.25, -0.2) is 0 Å². The summed E-state index contributed by atoms with van der Waals surface area (Å²) in [5.74, 6) is 0.593. The van der Waals surface area contributed by atoms with Crippen LogP contribution in [0.5, 0.6) is 0 Å². The first-order valence-electron chi connectivity index (χ1n) is 6.69. The van der Waals surface area contributed by atoms with E-state index >= 15 is 0 Å². The molecule has 1 heterocycles. The zero-order valence-electron chi connectivity index (χ0n) is 11.3. The fraction of sp³-hybridized carbons (Fsp3) is 0.714. The van der Waals surface area contributed by atoms with Gasteiger partial charge in [0.1, 0.15) is 0 Å². The Kier molecular flexibility index (Phi) is 6.30. The Labute approximate surface area is 105 Å². The summed E-state index contributed by atoms with van der Waals surface area (Å²) in [6, 6.07) is 2.62.